The van der Waals surface area contributed by atoms with Gasteiger partial charge in [0.1, 0.15) is 5.75 Å². The fourth-order valence-electron chi connectivity index (χ4n) is 2.46. The van der Waals surface area contributed by atoms with Gasteiger partial charge in [-0.1, -0.05) is 69.4 Å². The first-order chi connectivity index (χ1) is 10.3. The van der Waals surface area contributed by atoms with Crippen molar-refractivity contribution in [2.75, 3.05) is 0 Å². The summed E-state index contributed by atoms with van der Waals surface area (Å²) in [6.07, 6.45) is 7.60. The molecule has 0 aromatic heterocycles. The van der Waals surface area contributed by atoms with Crippen molar-refractivity contribution < 1.29 is 9.53 Å². The van der Waals surface area contributed by atoms with Gasteiger partial charge in [0.15, 0.2) is 0 Å². The van der Waals surface area contributed by atoms with Gasteiger partial charge in [0.25, 0.3) is 0 Å². The van der Waals surface area contributed by atoms with Gasteiger partial charge in [-0.15, -0.1) is 0 Å². The largest absolute Gasteiger partial charge is 0.427 e. The van der Waals surface area contributed by atoms with E-state index in [0.717, 1.165) is 23.6 Å². The molecule has 0 aliphatic rings. The summed E-state index contributed by atoms with van der Waals surface area (Å²) in [5, 5.41) is 2.26. The quantitative estimate of drug-likeness (QED) is 0.363. The van der Waals surface area contributed by atoms with Crippen LogP contribution in [0.4, 0.5) is 0 Å². The lowest BCUT2D eigenvalue weighted by Crippen LogP contribution is -2.07. The highest BCUT2D eigenvalue weighted by molar-refractivity contribution is 5.84. The highest BCUT2D eigenvalue weighted by Gasteiger charge is 2.05. The van der Waals surface area contributed by atoms with E-state index < -0.39 is 0 Å². The van der Waals surface area contributed by atoms with Gasteiger partial charge in [-0.25, -0.2) is 0 Å². The summed E-state index contributed by atoms with van der Waals surface area (Å²) in [5.41, 5.74) is 0. The second kappa shape index (κ2) is 8.46. The molecule has 0 atom stereocenters. The van der Waals surface area contributed by atoms with E-state index in [0.29, 0.717) is 12.2 Å². The highest BCUT2D eigenvalue weighted by atomic mass is 16.5. The number of rotatable bonds is 8. The number of ether oxygens (including phenoxy) is 1. The van der Waals surface area contributed by atoms with Crippen LogP contribution in [0.15, 0.2) is 42.5 Å². The van der Waals surface area contributed by atoms with Gasteiger partial charge < -0.3 is 4.74 Å². The van der Waals surface area contributed by atoms with Gasteiger partial charge in [-0.2, -0.15) is 0 Å². The molecular weight excluding hydrogens is 260 g/mol. The monoisotopic (exact) mass is 284 g/mol. The maximum Gasteiger partial charge on any atom is 0.311 e. The molecule has 0 heterocycles. The fraction of sp³-hybridized carbons (Fsp3) is 0.421. The van der Waals surface area contributed by atoms with Crippen LogP contribution in [-0.2, 0) is 4.79 Å². The van der Waals surface area contributed by atoms with Crippen LogP contribution in [0.3, 0.4) is 0 Å². The Kier molecular flexibility index (Phi) is 6.26. The number of hydrogen-bond acceptors (Lipinski definition) is 2. The molecule has 2 aromatic rings. The van der Waals surface area contributed by atoms with E-state index in [2.05, 4.69) is 13.0 Å². The summed E-state index contributed by atoms with van der Waals surface area (Å²) >= 11 is 0. The maximum absolute atomic E-state index is 11.8. The first kappa shape index (κ1) is 15.6. The standard InChI is InChI=1S/C19H24O2/c1-2-3-4-5-6-7-12-19(20)21-18-14-13-16-10-8-9-11-17(16)15-18/h8-11,13-15H,2-7,12H2,1H3. The number of carbonyl (C=O) groups excluding carboxylic acids is 1. The SMILES string of the molecule is CCCCCCCCC(=O)Oc1ccc2ccccc2c1. The minimum atomic E-state index is -0.124. The average molecular weight is 284 g/mol. The number of fused-ring (bicyclic) bond motifs is 1. The van der Waals surface area contributed by atoms with Gasteiger partial charge in [0.2, 0.25) is 0 Å². The molecule has 0 aliphatic carbocycles. The summed E-state index contributed by atoms with van der Waals surface area (Å²) in [4.78, 5) is 11.8. The number of unbranched alkanes of at least 4 members (excludes halogenated alkanes) is 5. The summed E-state index contributed by atoms with van der Waals surface area (Å²) in [6, 6.07) is 13.9. The fourth-order valence-corrected chi connectivity index (χ4v) is 2.46. The van der Waals surface area contributed by atoms with Gasteiger partial charge in [-0.3, -0.25) is 4.79 Å². The van der Waals surface area contributed by atoms with E-state index in [1.54, 1.807) is 0 Å². The van der Waals surface area contributed by atoms with Crippen molar-refractivity contribution in [3.63, 3.8) is 0 Å². The Morgan fingerprint density at radius 3 is 2.43 bits per heavy atom. The molecule has 0 saturated carbocycles. The lowest BCUT2D eigenvalue weighted by molar-refractivity contribution is -0.134. The highest BCUT2D eigenvalue weighted by Crippen LogP contribution is 2.21. The molecule has 2 nitrogen and oxygen atoms in total. The molecule has 0 fully saturated rings. The molecule has 112 valence electrons. The summed E-state index contributed by atoms with van der Waals surface area (Å²) < 4.78 is 5.41. The minimum absolute atomic E-state index is 0.124. The Morgan fingerprint density at radius 2 is 1.62 bits per heavy atom. The Balaban J connectivity index is 1.76. The Morgan fingerprint density at radius 1 is 0.905 bits per heavy atom. The van der Waals surface area contributed by atoms with Crippen molar-refractivity contribution in [1.29, 1.82) is 0 Å². The first-order valence-electron chi connectivity index (χ1n) is 7.99. The molecule has 0 radical (unpaired) electrons. The lowest BCUT2D eigenvalue weighted by Gasteiger charge is -2.06. The first-order valence-corrected chi connectivity index (χ1v) is 7.99. The van der Waals surface area contributed by atoms with Crippen molar-refractivity contribution in [2.45, 2.75) is 51.9 Å². The van der Waals surface area contributed by atoms with E-state index in [4.69, 9.17) is 4.74 Å². The predicted octanol–water partition coefficient (Wildman–Crippen LogP) is 5.50. The Bertz CT molecular complexity index is 575. The van der Waals surface area contributed by atoms with Crippen molar-refractivity contribution in [3.05, 3.63) is 42.5 Å². The Hall–Kier alpha value is -1.83. The van der Waals surface area contributed by atoms with Crippen LogP contribution in [0.2, 0.25) is 0 Å². The van der Waals surface area contributed by atoms with Gasteiger partial charge in [0.05, 0.1) is 0 Å². The molecule has 0 spiro atoms. The maximum atomic E-state index is 11.8. The van der Waals surface area contributed by atoms with Gasteiger partial charge in [-0.05, 0) is 29.3 Å². The molecule has 2 aromatic carbocycles. The molecule has 0 aliphatic heterocycles. The summed E-state index contributed by atoms with van der Waals surface area (Å²) in [7, 11) is 0. The van der Waals surface area contributed by atoms with Crippen molar-refractivity contribution in [1.82, 2.24) is 0 Å². The predicted molar refractivity (Wildman–Crippen MR) is 87.6 cm³/mol. The molecule has 2 rings (SSSR count). The van der Waals surface area contributed by atoms with Crippen LogP contribution in [0, 0.1) is 0 Å². The van der Waals surface area contributed by atoms with Gasteiger partial charge >= 0.3 is 5.97 Å². The van der Waals surface area contributed by atoms with E-state index in [1.807, 2.05) is 36.4 Å². The molecule has 0 saturated heterocycles. The second-order valence-electron chi connectivity index (χ2n) is 5.50. The van der Waals surface area contributed by atoms with Crippen LogP contribution in [0.25, 0.3) is 10.8 Å². The van der Waals surface area contributed by atoms with Crippen LogP contribution in [0.1, 0.15) is 51.9 Å². The zero-order chi connectivity index (χ0) is 14.9. The van der Waals surface area contributed by atoms with E-state index >= 15 is 0 Å². The van der Waals surface area contributed by atoms with Crippen LogP contribution < -0.4 is 4.74 Å². The third-order valence-electron chi connectivity index (χ3n) is 3.69. The normalized spacial score (nSPS) is 10.7. The molecular formula is C19H24O2. The zero-order valence-electron chi connectivity index (χ0n) is 12.8. The molecule has 2 heteroatoms. The number of carbonyl (C=O) groups is 1. The summed E-state index contributed by atoms with van der Waals surface area (Å²) in [5.74, 6) is 0.519. The van der Waals surface area contributed by atoms with Crippen LogP contribution in [-0.4, -0.2) is 5.97 Å². The third kappa shape index (κ3) is 5.22. The van der Waals surface area contributed by atoms with E-state index in [9.17, 15) is 4.79 Å². The Labute approximate surface area is 127 Å². The van der Waals surface area contributed by atoms with E-state index in [-0.39, 0.29) is 5.97 Å². The summed E-state index contributed by atoms with van der Waals surface area (Å²) in [6.45, 7) is 2.21. The minimum Gasteiger partial charge on any atom is -0.427 e. The molecule has 0 bridgehead atoms. The van der Waals surface area contributed by atoms with Crippen LogP contribution >= 0.6 is 0 Å². The third-order valence-corrected chi connectivity index (χ3v) is 3.69. The molecule has 21 heavy (non-hydrogen) atoms. The van der Waals surface area contributed by atoms with E-state index in [1.165, 1.54) is 25.7 Å². The second-order valence-corrected chi connectivity index (χ2v) is 5.50. The number of hydrogen-bond donors (Lipinski definition) is 0. The van der Waals surface area contributed by atoms with Crippen molar-refractivity contribution in [2.24, 2.45) is 0 Å². The number of benzene rings is 2. The topological polar surface area (TPSA) is 26.3 Å². The van der Waals surface area contributed by atoms with Gasteiger partial charge in [0, 0.05) is 6.42 Å². The molecule has 0 N–H and O–H groups in total. The molecule has 0 amide bonds. The van der Waals surface area contributed by atoms with Crippen molar-refractivity contribution >= 4 is 16.7 Å². The lowest BCUT2D eigenvalue weighted by atomic mass is 10.1. The number of esters is 1. The van der Waals surface area contributed by atoms with Crippen molar-refractivity contribution in [3.8, 4) is 5.75 Å². The average Bonchev–Trinajstić information content (AvgIpc) is 2.50. The van der Waals surface area contributed by atoms with Crippen LogP contribution in [0.5, 0.6) is 5.75 Å². The molecule has 0 unspecified atom stereocenters. The zero-order valence-corrected chi connectivity index (χ0v) is 12.8. The smallest absolute Gasteiger partial charge is 0.311 e.